The van der Waals surface area contributed by atoms with Gasteiger partial charge in [-0.1, -0.05) is 12.1 Å². The van der Waals surface area contributed by atoms with Crippen molar-refractivity contribution in [3.05, 3.63) is 59.8 Å². The maximum Gasteiger partial charge on any atom is 0.129 e. The standard InChI is InChI=1S/C19H26FNO4/c1-23-10-3-9-21(12-16-5-7-17(20)8-6-16)13-18(22)14-24-15-19-4-2-11-25-19/h2,4-8,11,18,22H,3,9-10,12-15H2,1H3/t18-/m0/s1. The highest BCUT2D eigenvalue weighted by Gasteiger charge is 2.13. The predicted octanol–water partition coefficient (Wildman–Crippen LogP) is 2.83. The summed E-state index contributed by atoms with van der Waals surface area (Å²) in [5.41, 5.74) is 1.00. The summed E-state index contributed by atoms with van der Waals surface area (Å²) < 4.78 is 28.8. The Kier molecular flexibility index (Phi) is 8.62. The first kappa shape index (κ1) is 19.6. The Balaban J connectivity index is 1.79. The number of nitrogens with zero attached hydrogens (tertiary/aromatic N) is 1. The van der Waals surface area contributed by atoms with Crippen molar-refractivity contribution in [2.75, 3.05) is 33.4 Å². The smallest absolute Gasteiger partial charge is 0.129 e. The van der Waals surface area contributed by atoms with E-state index in [1.807, 2.05) is 6.07 Å². The van der Waals surface area contributed by atoms with E-state index < -0.39 is 6.10 Å². The molecular weight excluding hydrogens is 325 g/mol. The van der Waals surface area contributed by atoms with Gasteiger partial charge < -0.3 is 19.0 Å². The molecule has 5 nitrogen and oxygen atoms in total. The van der Waals surface area contributed by atoms with Gasteiger partial charge in [-0.05, 0) is 36.2 Å². The van der Waals surface area contributed by atoms with E-state index in [9.17, 15) is 9.50 Å². The summed E-state index contributed by atoms with van der Waals surface area (Å²) >= 11 is 0. The molecule has 0 saturated heterocycles. The molecule has 1 aromatic heterocycles. The molecule has 0 aliphatic carbocycles. The molecule has 0 unspecified atom stereocenters. The van der Waals surface area contributed by atoms with E-state index in [4.69, 9.17) is 13.9 Å². The third kappa shape index (κ3) is 7.79. The molecule has 0 bridgehead atoms. The van der Waals surface area contributed by atoms with Crippen molar-refractivity contribution in [2.45, 2.75) is 25.7 Å². The van der Waals surface area contributed by atoms with Gasteiger partial charge in [0.05, 0.1) is 19.0 Å². The largest absolute Gasteiger partial charge is 0.467 e. The molecule has 1 heterocycles. The lowest BCUT2D eigenvalue weighted by atomic mass is 10.2. The number of aliphatic hydroxyl groups is 1. The average molecular weight is 351 g/mol. The first-order valence-electron chi connectivity index (χ1n) is 8.41. The number of hydrogen-bond donors (Lipinski definition) is 1. The quantitative estimate of drug-likeness (QED) is 0.596. The second-order valence-corrected chi connectivity index (χ2v) is 5.96. The number of methoxy groups -OCH3 is 1. The monoisotopic (exact) mass is 351 g/mol. The lowest BCUT2D eigenvalue weighted by molar-refractivity contribution is 0.00281. The van der Waals surface area contributed by atoms with Gasteiger partial charge in [0.2, 0.25) is 0 Å². The summed E-state index contributed by atoms with van der Waals surface area (Å²) in [7, 11) is 1.67. The van der Waals surface area contributed by atoms with Gasteiger partial charge in [0.1, 0.15) is 18.2 Å². The lowest BCUT2D eigenvalue weighted by Gasteiger charge is -2.25. The maximum absolute atomic E-state index is 13.0. The fourth-order valence-corrected chi connectivity index (χ4v) is 2.56. The van der Waals surface area contributed by atoms with E-state index in [2.05, 4.69) is 4.90 Å². The lowest BCUT2D eigenvalue weighted by Crippen LogP contribution is -2.35. The van der Waals surface area contributed by atoms with Crippen LogP contribution in [0.15, 0.2) is 47.1 Å². The summed E-state index contributed by atoms with van der Waals surface area (Å²) in [5, 5.41) is 10.2. The van der Waals surface area contributed by atoms with Gasteiger partial charge in [-0.2, -0.15) is 0 Å². The number of benzene rings is 1. The number of ether oxygens (including phenoxy) is 2. The topological polar surface area (TPSA) is 55.1 Å². The maximum atomic E-state index is 13.0. The molecule has 0 aliphatic rings. The zero-order valence-electron chi connectivity index (χ0n) is 14.6. The average Bonchev–Trinajstić information content (AvgIpc) is 3.10. The highest BCUT2D eigenvalue weighted by molar-refractivity contribution is 5.15. The second-order valence-electron chi connectivity index (χ2n) is 5.96. The molecule has 0 radical (unpaired) electrons. The predicted molar refractivity (Wildman–Crippen MR) is 92.5 cm³/mol. The number of aliphatic hydroxyl groups excluding tert-OH is 1. The van der Waals surface area contributed by atoms with Crippen molar-refractivity contribution in [1.29, 1.82) is 0 Å². The molecule has 0 amide bonds. The Morgan fingerprint density at radius 3 is 2.72 bits per heavy atom. The molecule has 0 aliphatic heterocycles. The summed E-state index contributed by atoms with van der Waals surface area (Å²) in [6, 6.07) is 10.1. The third-order valence-corrected chi connectivity index (χ3v) is 3.75. The molecule has 0 fully saturated rings. The Bertz CT molecular complexity index is 574. The van der Waals surface area contributed by atoms with Crippen LogP contribution in [-0.4, -0.2) is 49.5 Å². The summed E-state index contributed by atoms with van der Waals surface area (Å²) in [5.74, 6) is 0.483. The van der Waals surface area contributed by atoms with Crippen molar-refractivity contribution >= 4 is 0 Å². The van der Waals surface area contributed by atoms with Crippen molar-refractivity contribution in [2.24, 2.45) is 0 Å². The van der Waals surface area contributed by atoms with Crippen LogP contribution in [0.25, 0.3) is 0 Å². The van der Waals surface area contributed by atoms with Crippen LogP contribution in [0.5, 0.6) is 0 Å². The molecule has 2 aromatic rings. The van der Waals surface area contributed by atoms with Crippen LogP contribution in [0.1, 0.15) is 17.7 Å². The molecule has 0 spiro atoms. The highest BCUT2D eigenvalue weighted by Crippen LogP contribution is 2.09. The van der Waals surface area contributed by atoms with Gasteiger partial charge in [-0.3, -0.25) is 4.90 Å². The zero-order chi connectivity index (χ0) is 17.9. The van der Waals surface area contributed by atoms with Crippen LogP contribution in [0.4, 0.5) is 4.39 Å². The molecule has 138 valence electrons. The van der Waals surface area contributed by atoms with Gasteiger partial charge >= 0.3 is 0 Å². The Morgan fingerprint density at radius 1 is 1.24 bits per heavy atom. The summed E-state index contributed by atoms with van der Waals surface area (Å²) in [6.07, 6.45) is 1.84. The molecule has 1 aromatic carbocycles. The van der Waals surface area contributed by atoms with Crippen LogP contribution in [0.2, 0.25) is 0 Å². The first-order valence-corrected chi connectivity index (χ1v) is 8.41. The van der Waals surface area contributed by atoms with E-state index >= 15 is 0 Å². The normalized spacial score (nSPS) is 12.6. The van der Waals surface area contributed by atoms with Crippen LogP contribution in [0, 0.1) is 5.82 Å². The Hall–Kier alpha value is -1.73. The van der Waals surface area contributed by atoms with Gasteiger partial charge in [0, 0.05) is 33.4 Å². The van der Waals surface area contributed by atoms with Crippen LogP contribution in [0.3, 0.4) is 0 Å². The molecule has 6 heteroatoms. The minimum absolute atomic E-state index is 0.227. The Labute approximate surface area is 148 Å². The number of furan rings is 1. The van der Waals surface area contributed by atoms with Gasteiger partial charge in [0.25, 0.3) is 0 Å². The van der Waals surface area contributed by atoms with Crippen LogP contribution >= 0.6 is 0 Å². The SMILES string of the molecule is COCCCN(Cc1ccc(F)cc1)C[C@H](O)COCc1ccco1. The Morgan fingerprint density at radius 2 is 2.04 bits per heavy atom. The number of rotatable bonds is 12. The second kappa shape index (κ2) is 11.0. The van der Waals surface area contributed by atoms with E-state index in [0.29, 0.717) is 26.3 Å². The zero-order valence-corrected chi connectivity index (χ0v) is 14.6. The van der Waals surface area contributed by atoms with Gasteiger partial charge in [-0.15, -0.1) is 0 Å². The number of halogens is 1. The van der Waals surface area contributed by atoms with E-state index in [1.54, 1.807) is 31.6 Å². The highest BCUT2D eigenvalue weighted by atomic mass is 19.1. The molecule has 1 N–H and O–H groups in total. The molecule has 0 saturated carbocycles. The van der Waals surface area contributed by atoms with Crippen LogP contribution in [-0.2, 0) is 22.6 Å². The van der Waals surface area contributed by atoms with Crippen LogP contribution < -0.4 is 0 Å². The molecule has 25 heavy (non-hydrogen) atoms. The van der Waals surface area contributed by atoms with E-state index in [0.717, 1.165) is 24.3 Å². The molecule has 1 atom stereocenters. The molecule has 2 rings (SSSR count). The fourth-order valence-electron chi connectivity index (χ4n) is 2.56. The molecular formula is C19H26FNO4. The number of hydrogen-bond acceptors (Lipinski definition) is 5. The van der Waals surface area contributed by atoms with Gasteiger partial charge in [-0.25, -0.2) is 4.39 Å². The fraction of sp³-hybridized carbons (Fsp3) is 0.474. The van der Waals surface area contributed by atoms with Crippen molar-refractivity contribution < 1.29 is 23.4 Å². The van der Waals surface area contributed by atoms with Crippen molar-refractivity contribution in [1.82, 2.24) is 4.90 Å². The summed E-state index contributed by atoms with van der Waals surface area (Å²) in [4.78, 5) is 2.12. The van der Waals surface area contributed by atoms with Crippen molar-refractivity contribution in [3.8, 4) is 0 Å². The van der Waals surface area contributed by atoms with E-state index in [-0.39, 0.29) is 12.4 Å². The van der Waals surface area contributed by atoms with Gasteiger partial charge in [0.15, 0.2) is 0 Å². The minimum Gasteiger partial charge on any atom is -0.467 e. The first-order chi connectivity index (χ1) is 12.2. The third-order valence-electron chi connectivity index (χ3n) is 3.75. The van der Waals surface area contributed by atoms with Crippen molar-refractivity contribution in [3.63, 3.8) is 0 Å². The summed E-state index contributed by atoms with van der Waals surface area (Å²) in [6.45, 7) is 3.11. The minimum atomic E-state index is -0.613. The van der Waals surface area contributed by atoms with E-state index in [1.165, 1.54) is 12.1 Å².